The molecule has 0 saturated carbocycles. The van der Waals surface area contributed by atoms with E-state index in [2.05, 4.69) is 32.6 Å². The van der Waals surface area contributed by atoms with Crippen molar-refractivity contribution in [3.8, 4) is 11.8 Å². The SMILES string of the molecule is CCC(CC#N)NC(=O)Nc1c(C)cc(Br)cc1OC. The number of nitrogens with one attached hydrogen (secondary N) is 2. The Morgan fingerprint density at radius 3 is 2.80 bits per heavy atom. The number of aryl methyl sites for hydroxylation is 1. The molecule has 0 saturated heterocycles. The summed E-state index contributed by atoms with van der Waals surface area (Å²) in [5, 5.41) is 14.2. The molecule has 1 aromatic rings. The number of rotatable bonds is 5. The molecule has 2 amide bonds. The maximum Gasteiger partial charge on any atom is 0.319 e. The summed E-state index contributed by atoms with van der Waals surface area (Å²) in [6.07, 6.45) is 0.998. The van der Waals surface area contributed by atoms with Gasteiger partial charge in [0.25, 0.3) is 0 Å². The number of hydrogen-bond acceptors (Lipinski definition) is 3. The van der Waals surface area contributed by atoms with Crippen LogP contribution < -0.4 is 15.4 Å². The van der Waals surface area contributed by atoms with E-state index in [4.69, 9.17) is 10.00 Å². The van der Waals surface area contributed by atoms with Crippen LogP contribution in [0.15, 0.2) is 16.6 Å². The molecule has 5 nitrogen and oxygen atoms in total. The molecule has 108 valence electrons. The van der Waals surface area contributed by atoms with Gasteiger partial charge in [-0.15, -0.1) is 0 Å². The number of amides is 2. The monoisotopic (exact) mass is 339 g/mol. The second-order valence-electron chi connectivity index (χ2n) is 4.37. The topological polar surface area (TPSA) is 74.2 Å². The van der Waals surface area contributed by atoms with Gasteiger partial charge in [-0.3, -0.25) is 0 Å². The van der Waals surface area contributed by atoms with E-state index in [1.54, 1.807) is 13.2 Å². The van der Waals surface area contributed by atoms with Crippen molar-refractivity contribution >= 4 is 27.6 Å². The van der Waals surface area contributed by atoms with Crippen LogP contribution in [-0.4, -0.2) is 19.2 Å². The summed E-state index contributed by atoms with van der Waals surface area (Å²) in [4.78, 5) is 12.0. The van der Waals surface area contributed by atoms with Gasteiger partial charge in [-0.2, -0.15) is 5.26 Å². The molecule has 2 N–H and O–H groups in total. The summed E-state index contributed by atoms with van der Waals surface area (Å²) >= 11 is 3.38. The first-order valence-corrected chi connectivity index (χ1v) is 7.09. The number of carbonyl (C=O) groups excluding carboxylic acids is 1. The minimum Gasteiger partial charge on any atom is -0.495 e. The largest absolute Gasteiger partial charge is 0.495 e. The van der Waals surface area contributed by atoms with Crippen LogP contribution in [0.2, 0.25) is 0 Å². The Bertz CT molecular complexity index is 526. The molecule has 1 aromatic carbocycles. The lowest BCUT2D eigenvalue weighted by atomic mass is 10.1. The number of hydrogen-bond donors (Lipinski definition) is 2. The molecule has 0 fully saturated rings. The van der Waals surface area contributed by atoms with Crippen LogP contribution in [0.4, 0.5) is 10.5 Å². The van der Waals surface area contributed by atoms with Gasteiger partial charge in [0.1, 0.15) is 5.75 Å². The second-order valence-corrected chi connectivity index (χ2v) is 5.28. The third-order valence-electron chi connectivity index (χ3n) is 2.89. The number of carbonyl (C=O) groups is 1. The lowest BCUT2D eigenvalue weighted by Gasteiger charge is -2.17. The predicted octanol–water partition coefficient (Wildman–Crippen LogP) is 3.58. The van der Waals surface area contributed by atoms with Crippen LogP contribution in [0.3, 0.4) is 0 Å². The van der Waals surface area contributed by atoms with Gasteiger partial charge < -0.3 is 15.4 Å². The number of benzene rings is 1. The van der Waals surface area contributed by atoms with Crippen molar-refractivity contribution in [2.75, 3.05) is 12.4 Å². The van der Waals surface area contributed by atoms with Gasteiger partial charge in [0.05, 0.1) is 25.3 Å². The van der Waals surface area contributed by atoms with Crippen molar-refractivity contribution in [2.24, 2.45) is 0 Å². The van der Waals surface area contributed by atoms with E-state index in [0.29, 0.717) is 24.3 Å². The second kappa shape index (κ2) is 7.75. The molecule has 20 heavy (non-hydrogen) atoms. The number of urea groups is 1. The van der Waals surface area contributed by atoms with Crippen LogP contribution in [0.25, 0.3) is 0 Å². The van der Waals surface area contributed by atoms with E-state index in [0.717, 1.165) is 10.0 Å². The third-order valence-corrected chi connectivity index (χ3v) is 3.35. The van der Waals surface area contributed by atoms with E-state index in [1.807, 2.05) is 19.9 Å². The molecule has 0 bridgehead atoms. The maximum atomic E-state index is 12.0. The van der Waals surface area contributed by atoms with E-state index in [1.165, 1.54) is 0 Å². The van der Waals surface area contributed by atoms with Crippen molar-refractivity contribution in [3.63, 3.8) is 0 Å². The van der Waals surface area contributed by atoms with Crippen molar-refractivity contribution < 1.29 is 9.53 Å². The Labute approximate surface area is 127 Å². The highest BCUT2D eigenvalue weighted by atomic mass is 79.9. The maximum absolute atomic E-state index is 12.0. The summed E-state index contributed by atoms with van der Waals surface area (Å²) < 4.78 is 6.14. The first kappa shape index (κ1) is 16.3. The molecule has 1 rings (SSSR count). The van der Waals surface area contributed by atoms with Crippen LogP contribution in [0.5, 0.6) is 5.75 Å². The normalized spacial score (nSPS) is 11.3. The molecule has 0 aromatic heterocycles. The number of nitrogens with zero attached hydrogens (tertiary/aromatic N) is 1. The van der Waals surface area contributed by atoms with Crippen molar-refractivity contribution in [3.05, 3.63) is 22.2 Å². The number of halogens is 1. The zero-order chi connectivity index (χ0) is 15.1. The summed E-state index contributed by atoms with van der Waals surface area (Å²) in [6.45, 7) is 3.81. The van der Waals surface area contributed by atoms with Gasteiger partial charge in [0.15, 0.2) is 0 Å². The predicted molar refractivity (Wildman–Crippen MR) is 81.9 cm³/mol. The van der Waals surface area contributed by atoms with Gasteiger partial charge >= 0.3 is 6.03 Å². The smallest absolute Gasteiger partial charge is 0.319 e. The lowest BCUT2D eigenvalue weighted by Crippen LogP contribution is -2.37. The molecule has 1 atom stereocenters. The van der Waals surface area contributed by atoms with Gasteiger partial charge in [0, 0.05) is 10.5 Å². The minimum atomic E-state index is -0.337. The molecule has 1 unspecified atom stereocenters. The summed E-state index contributed by atoms with van der Waals surface area (Å²) in [7, 11) is 1.55. The fraction of sp³-hybridized carbons (Fsp3) is 0.429. The first-order chi connectivity index (χ1) is 9.51. The van der Waals surface area contributed by atoms with E-state index >= 15 is 0 Å². The van der Waals surface area contributed by atoms with Crippen molar-refractivity contribution in [2.45, 2.75) is 32.7 Å². The number of methoxy groups -OCH3 is 1. The highest BCUT2D eigenvalue weighted by molar-refractivity contribution is 9.10. The number of anilines is 1. The number of nitriles is 1. The van der Waals surface area contributed by atoms with Gasteiger partial charge in [-0.1, -0.05) is 22.9 Å². The molecular formula is C14H18BrN3O2. The standard InChI is InChI=1S/C14H18BrN3O2/c1-4-11(5-6-16)17-14(19)18-13-9(2)7-10(15)8-12(13)20-3/h7-8,11H,4-5H2,1-3H3,(H2,17,18,19). The van der Waals surface area contributed by atoms with Crippen LogP contribution in [-0.2, 0) is 0 Å². The van der Waals surface area contributed by atoms with Crippen LogP contribution in [0, 0.1) is 18.3 Å². The third kappa shape index (κ3) is 4.42. The Hall–Kier alpha value is -1.74. The Morgan fingerprint density at radius 2 is 2.25 bits per heavy atom. The molecule has 0 aliphatic carbocycles. The zero-order valence-corrected chi connectivity index (χ0v) is 13.4. The van der Waals surface area contributed by atoms with Gasteiger partial charge in [0.2, 0.25) is 0 Å². The van der Waals surface area contributed by atoms with E-state index in [9.17, 15) is 4.79 Å². The molecule has 0 aliphatic heterocycles. The van der Waals surface area contributed by atoms with Gasteiger partial charge in [-0.05, 0) is 31.0 Å². The van der Waals surface area contributed by atoms with Crippen molar-refractivity contribution in [1.82, 2.24) is 5.32 Å². The average molecular weight is 340 g/mol. The average Bonchev–Trinajstić information content (AvgIpc) is 2.40. The molecule has 0 aliphatic rings. The molecule has 0 spiro atoms. The first-order valence-electron chi connectivity index (χ1n) is 6.30. The molecular weight excluding hydrogens is 322 g/mol. The molecule has 0 heterocycles. The summed E-state index contributed by atoms with van der Waals surface area (Å²) in [5.41, 5.74) is 1.51. The quantitative estimate of drug-likeness (QED) is 0.860. The molecule has 6 heteroatoms. The molecule has 0 radical (unpaired) electrons. The fourth-order valence-corrected chi connectivity index (χ4v) is 2.33. The van der Waals surface area contributed by atoms with E-state index in [-0.39, 0.29) is 12.1 Å². The Balaban J connectivity index is 2.83. The van der Waals surface area contributed by atoms with Crippen molar-refractivity contribution in [1.29, 1.82) is 5.26 Å². The van der Waals surface area contributed by atoms with Gasteiger partial charge in [-0.25, -0.2) is 4.79 Å². The van der Waals surface area contributed by atoms with Crippen LogP contribution in [0.1, 0.15) is 25.3 Å². The highest BCUT2D eigenvalue weighted by Crippen LogP contribution is 2.31. The van der Waals surface area contributed by atoms with Crippen LogP contribution >= 0.6 is 15.9 Å². The summed E-state index contributed by atoms with van der Waals surface area (Å²) in [5.74, 6) is 0.584. The zero-order valence-electron chi connectivity index (χ0n) is 11.8. The summed E-state index contributed by atoms with van der Waals surface area (Å²) in [6, 6.07) is 5.25. The highest BCUT2D eigenvalue weighted by Gasteiger charge is 2.14. The van der Waals surface area contributed by atoms with E-state index < -0.39 is 0 Å². The Morgan fingerprint density at radius 1 is 1.55 bits per heavy atom. The fourth-order valence-electron chi connectivity index (χ4n) is 1.78. The Kier molecular flexibility index (Phi) is 6.32. The lowest BCUT2D eigenvalue weighted by molar-refractivity contribution is 0.248. The number of ether oxygens (including phenoxy) is 1. The minimum absolute atomic E-state index is 0.151.